The van der Waals surface area contributed by atoms with Gasteiger partial charge in [0.2, 0.25) is 0 Å². The molecule has 0 spiro atoms. The van der Waals surface area contributed by atoms with Crippen molar-refractivity contribution in [2.75, 3.05) is 6.61 Å². The Labute approximate surface area is 226 Å². The molecule has 2 heterocycles. The first kappa shape index (κ1) is 29.1. The fourth-order valence-corrected chi connectivity index (χ4v) is 4.88. The monoisotopic (exact) mass is 522 g/mol. The number of aromatic amines is 1. The Morgan fingerprint density at radius 2 is 1.82 bits per heavy atom. The van der Waals surface area contributed by atoms with Gasteiger partial charge in [-0.25, -0.2) is 9.97 Å². The summed E-state index contributed by atoms with van der Waals surface area (Å²) in [5.41, 5.74) is 5.09. The molecule has 3 rings (SSSR count). The number of H-pyrrole nitrogens is 1. The van der Waals surface area contributed by atoms with Gasteiger partial charge in [-0.15, -0.1) is 0 Å². The van der Waals surface area contributed by atoms with E-state index in [9.17, 15) is 9.59 Å². The molecular formula is C30H42N4O4. The molecule has 8 heteroatoms. The molecular weight excluding hydrogens is 480 g/mol. The standard InChI is InChI=1S/C30H42N4O4/c1-6-8-9-14-37-30(36)27(15-24-16-32-20-34(24)5)26(11-7-2)29(35)38-18-23-12-10-13-25(21(23)3)22(4)28-17-31-19-33-28/h10,12-13,16-17,19-20,22,26-27H,6-9,11,14-15,18H2,1-5H3,(H,31,33)/t22-,26-,27+/m0/s1. The van der Waals surface area contributed by atoms with Crippen molar-refractivity contribution < 1.29 is 19.1 Å². The van der Waals surface area contributed by atoms with Gasteiger partial charge in [0.05, 0.1) is 31.1 Å². The normalized spacial score (nSPS) is 13.6. The van der Waals surface area contributed by atoms with Crippen LogP contribution in [0.5, 0.6) is 0 Å². The number of ether oxygens (including phenoxy) is 2. The van der Waals surface area contributed by atoms with Gasteiger partial charge in [-0.05, 0) is 36.5 Å². The molecule has 0 fully saturated rings. The van der Waals surface area contributed by atoms with Crippen LogP contribution in [0.3, 0.4) is 0 Å². The highest BCUT2D eigenvalue weighted by atomic mass is 16.5. The molecule has 0 aliphatic heterocycles. The smallest absolute Gasteiger partial charge is 0.310 e. The van der Waals surface area contributed by atoms with Gasteiger partial charge >= 0.3 is 11.9 Å². The maximum Gasteiger partial charge on any atom is 0.310 e. The van der Waals surface area contributed by atoms with Gasteiger partial charge in [-0.1, -0.05) is 58.2 Å². The zero-order chi connectivity index (χ0) is 27.5. The van der Waals surface area contributed by atoms with Gasteiger partial charge in [0, 0.05) is 43.2 Å². The summed E-state index contributed by atoms with van der Waals surface area (Å²) in [4.78, 5) is 38.3. The van der Waals surface area contributed by atoms with Crippen LogP contribution in [0.4, 0.5) is 0 Å². The first-order chi connectivity index (χ1) is 18.4. The van der Waals surface area contributed by atoms with Crippen LogP contribution in [0.25, 0.3) is 0 Å². The Hall–Kier alpha value is -3.42. The number of nitrogens with zero attached hydrogens (tertiary/aromatic N) is 3. The lowest BCUT2D eigenvalue weighted by Gasteiger charge is -2.25. The van der Waals surface area contributed by atoms with Gasteiger partial charge < -0.3 is 19.0 Å². The van der Waals surface area contributed by atoms with Gasteiger partial charge in [0.15, 0.2) is 0 Å². The summed E-state index contributed by atoms with van der Waals surface area (Å²) in [6.07, 6.45) is 11.5. The molecule has 0 radical (unpaired) electrons. The summed E-state index contributed by atoms with van der Waals surface area (Å²) in [5, 5.41) is 0. The third-order valence-corrected chi connectivity index (χ3v) is 7.34. The van der Waals surface area contributed by atoms with Crippen LogP contribution >= 0.6 is 0 Å². The predicted molar refractivity (Wildman–Crippen MR) is 146 cm³/mol. The number of esters is 2. The summed E-state index contributed by atoms with van der Waals surface area (Å²) >= 11 is 0. The fourth-order valence-electron chi connectivity index (χ4n) is 4.88. The van der Waals surface area contributed by atoms with Crippen molar-refractivity contribution in [1.29, 1.82) is 0 Å². The molecule has 2 aromatic heterocycles. The van der Waals surface area contributed by atoms with Crippen LogP contribution in [0.2, 0.25) is 0 Å². The number of rotatable bonds is 15. The molecule has 0 amide bonds. The Balaban J connectivity index is 1.76. The van der Waals surface area contributed by atoms with E-state index in [1.807, 2.05) is 43.8 Å². The highest BCUT2D eigenvalue weighted by molar-refractivity contribution is 5.82. The molecule has 0 aliphatic carbocycles. The van der Waals surface area contributed by atoms with Crippen molar-refractivity contribution in [1.82, 2.24) is 19.5 Å². The zero-order valence-corrected chi connectivity index (χ0v) is 23.4. The van der Waals surface area contributed by atoms with Crippen molar-refractivity contribution in [2.45, 2.75) is 78.7 Å². The van der Waals surface area contributed by atoms with Gasteiger partial charge in [-0.2, -0.15) is 0 Å². The SMILES string of the molecule is CCCCCOC(=O)[C@H](Cc1cncn1C)[C@H](CCC)C(=O)OCc1cccc([C@H](C)c2cnc[nH]2)c1C. The molecule has 0 saturated heterocycles. The number of nitrogens with one attached hydrogen (secondary N) is 1. The second kappa shape index (κ2) is 14.5. The minimum absolute atomic E-state index is 0.131. The molecule has 1 aromatic carbocycles. The second-order valence-corrected chi connectivity index (χ2v) is 10.0. The molecule has 1 N–H and O–H groups in total. The number of hydrogen-bond donors (Lipinski definition) is 1. The van der Waals surface area contributed by atoms with Crippen molar-refractivity contribution in [3.63, 3.8) is 0 Å². The molecule has 0 unspecified atom stereocenters. The molecule has 0 saturated carbocycles. The maximum absolute atomic E-state index is 13.5. The average molecular weight is 523 g/mol. The topological polar surface area (TPSA) is 99.1 Å². The lowest BCUT2D eigenvalue weighted by atomic mass is 9.85. The molecule has 206 valence electrons. The number of benzene rings is 1. The third kappa shape index (κ3) is 7.55. The van der Waals surface area contributed by atoms with Crippen LogP contribution in [-0.4, -0.2) is 38.1 Å². The number of hydrogen-bond acceptors (Lipinski definition) is 6. The van der Waals surface area contributed by atoms with E-state index in [-0.39, 0.29) is 24.5 Å². The fraction of sp³-hybridized carbons (Fsp3) is 0.533. The van der Waals surface area contributed by atoms with Gasteiger partial charge in [0.25, 0.3) is 0 Å². The van der Waals surface area contributed by atoms with Crippen molar-refractivity contribution in [3.8, 4) is 0 Å². The molecule has 0 bridgehead atoms. The van der Waals surface area contributed by atoms with Crippen molar-refractivity contribution in [2.24, 2.45) is 18.9 Å². The Kier molecular flexibility index (Phi) is 11.1. The Morgan fingerprint density at radius 1 is 1.03 bits per heavy atom. The Morgan fingerprint density at radius 3 is 2.47 bits per heavy atom. The van der Waals surface area contributed by atoms with E-state index in [1.165, 1.54) is 0 Å². The number of aryl methyl sites for hydroxylation is 1. The largest absolute Gasteiger partial charge is 0.465 e. The van der Waals surface area contributed by atoms with Crippen LogP contribution in [0.1, 0.15) is 86.9 Å². The number of carbonyl (C=O) groups excluding carboxylic acids is 2. The van der Waals surface area contributed by atoms with Crippen LogP contribution in [0.15, 0.2) is 43.2 Å². The van der Waals surface area contributed by atoms with E-state index in [4.69, 9.17) is 9.47 Å². The minimum atomic E-state index is -0.632. The predicted octanol–water partition coefficient (Wildman–Crippen LogP) is 5.66. The van der Waals surface area contributed by atoms with Gasteiger partial charge in [-0.3, -0.25) is 9.59 Å². The first-order valence-corrected chi connectivity index (χ1v) is 13.7. The minimum Gasteiger partial charge on any atom is -0.465 e. The number of aromatic nitrogens is 4. The van der Waals surface area contributed by atoms with E-state index in [0.717, 1.165) is 53.8 Å². The second-order valence-electron chi connectivity index (χ2n) is 10.0. The lowest BCUT2D eigenvalue weighted by Crippen LogP contribution is -2.34. The summed E-state index contributed by atoms with van der Waals surface area (Å²) in [6, 6.07) is 6.06. The zero-order valence-electron chi connectivity index (χ0n) is 23.4. The first-order valence-electron chi connectivity index (χ1n) is 13.7. The maximum atomic E-state index is 13.5. The summed E-state index contributed by atoms with van der Waals surface area (Å²) < 4.78 is 13.4. The highest BCUT2D eigenvalue weighted by Crippen LogP contribution is 2.29. The van der Waals surface area contributed by atoms with E-state index in [0.29, 0.717) is 19.4 Å². The number of imidazole rings is 2. The van der Waals surface area contributed by atoms with Crippen LogP contribution < -0.4 is 0 Å². The molecule has 8 nitrogen and oxygen atoms in total. The van der Waals surface area contributed by atoms with E-state index in [1.54, 1.807) is 18.9 Å². The third-order valence-electron chi connectivity index (χ3n) is 7.34. The Bertz CT molecular complexity index is 1150. The van der Waals surface area contributed by atoms with Crippen LogP contribution in [0, 0.1) is 18.8 Å². The number of unbranched alkanes of at least 4 members (excludes halogenated alkanes) is 2. The van der Waals surface area contributed by atoms with Crippen molar-refractivity contribution >= 4 is 11.9 Å². The van der Waals surface area contributed by atoms with E-state index in [2.05, 4.69) is 34.9 Å². The molecule has 3 aromatic rings. The molecule has 0 aliphatic rings. The van der Waals surface area contributed by atoms with E-state index < -0.39 is 11.8 Å². The quantitative estimate of drug-likeness (QED) is 0.204. The number of carbonyl (C=O) groups is 2. The highest BCUT2D eigenvalue weighted by Gasteiger charge is 2.36. The summed E-state index contributed by atoms with van der Waals surface area (Å²) in [5.74, 6) is -1.81. The van der Waals surface area contributed by atoms with Crippen molar-refractivity contribution in [3.05, 3.63) is 71.3 Å². The molecule has 3 atom stereocenters. The lowest BCUT2D eigenvalue weighted by molar-refractivity contribution is -0.162. The molecule has 38 heavy (non-hydrogen) atoms. The summed E-state index contributed by atoms with van der Waals surface area (Å²) in [7, 11) is 1.89. The summed E-state index contributed by atoms with van der Waals surface area (Å²) in [6.45, 7) is 8.81. The van der Waals surface area contributed by atoms with Crippen LogP contribution in [-0.2, 0) is 39.1 Å². The van der Waals surface area contributed by atoms with E-state index >= 15 is 0 Å². The average Bonchev–Trinajstić information content (AvgIpc) is 3.59. The van der Waals surface area contributed by atoms with Gasteiger partial charge in [0.1, 0.15) is 6.61 Å².